The van der Waals surface area contributed by atoms with Crippen LogP contribution in [0, 0.1) is 5.92 Å². The van der Waals surface area contributed by atoms with Crippen LogP contribution in [0.3, 0.4) is 0 Å². The largest absolute Gasteiger partial charge is 0.417 e. The average Bonchev–Trinajstić information content (AvgIpc) is 2.38. The Balaban J connectivity index is 2.16. The summed E-state index contributed by atoms with van der Waals surface area (Å²) in [6.45, 7) is 2.76. The van der Waals surface area contributed by atoms with E-state index in [4.69, 9.17) is 0 Å². The molecular formula is C13H17F3N2O. The Bertz CT molecular complexity index is 419. The maximum Gasteiger partial charge on any atom is 0.417 e. The Labute approximate surface area is 110 Å². The van der Waals surface area contributed by atoms with Gasteiger partial charge in [0.2, 0.25) is 0 Å². The van der Waals surface area contributed by atoms with Gasteiger partial charge in [-0.3, -0.25) is 0 Å². The standard InChI is InChI=1S/C13H17F3N2O/c1-9-2-3-10(8-19)7-18(9)12-5-4-11(6-17-12)13(14,15)16/h4-6,9-10,19H,2-3,7-8H2,1H3/t9-,10-/m0/s1. The third-order valence-electron chi connectivity index (χ3n) is 3.61. The highest BCUT2D eigenvalue weighted by molar-refractivity contribution is 5.41. The van der Waals surface area contributed by atoms with E-state index in [1.165, 1.54) is 6.07 Å². The molecule has 0 saturated carbocycles. The predicted octanol–water partition coefficient (Wildman–Crippen LogP) is 2.70. The molecule has 2 atom stereocenters. The number of rotatable bonds is 2. The van der Waals surface area contributed by atoms with Gasteiger partial charge in [0.1, 0.15) is 5.82 Å². The van der Waals surface area contributed by atoms with Crippen LogP contribution < -0.4 is 4.90 Å². The van der Waals surface area contributed by atoms with E-state index in [1.807, 2.05) is 11.8 Å². The lowest BCUT2D eigenvalue weighted by Gasteiger charge is -2.38. The second-order valence-corrected chi connectivity index (χ2v) is 5.03. The molecule has 6 heteroatoms. The van der Waals surface area contributed by atoms with Gasteiger partial charge in [0.05, 0.1) is 5.56 Å². The van der Waals surface area contributed by atoms with Crippen molar-refractivity contribution < 1.29 is 18.3 Å². The zero-order valence-corrected chi connectivity index (χ0v) is 10.7. The first-order chi connectivity index (χ1) is 8.91. The first-order valence-electron chi connectivity index (χ1n) is 6.32. The number of hydrogen-bond donors (Lipinski definition) is 1. The third kappa shape index (κ3) is 3.18. The van der Waals surface area contributed by atoms with Crippen LogP contribution in [0.2, 0.25) is 0 Å². The number of aliphatic hydroxyl groups excluding tert-OH is 1. The van der Waals surface area contributed by atoms with Crippen LogP contribution in [0.25, 0.3) is 0 Å². The smallest absolute Gasteiger partial charge is 0.396 e. The molecule has 1 saturated heterocycles. The molecule has 2 rings (SSSR count). The van der Waals surface area contributed by atoms with Crippen molar-refractivity contribution in [1.29, 1.82) is 0 Å². The van der Waals surface area contributed by atoms with Gasteiger partial charge in [-0.25, -0.2) is 4.98 Å². The minimum absolute atomic E-state index is 0.101. The van der Waals surface area contributed by atoms with Gasteiger partial charge in [0.25, 0.3) is 0 Å². The molecule has 3 nitrogen and oxygen atoms in total. The van der Waals surface area contributed by atoms with Gasteiger partial charge in [-0.15, -0.1) is 0 Å². The molecule has 1 fully saturated rings. The Hall–Kier alpha value is -1.30. The Morgan fingerprint density at radius 1 is 1.37 bits per heavy atom. The first-order valence-corrected chi connectivity index (χ1v) is 6.32. The Morgan fingerprint density at radius 3 is 2.63 bits per heavy atom. The quantitative estimate of drug-likeness (QED) is 0.900. The lowest BCUT2D eigenvalue weighted by atomic mass is 9.94. The second-order valence-electron chi connectivity index (χ2n) is 5.03. The lowest BCUT2D eigenvalue weighted by Crippen LogP contribution is -2.43. The highest BCUT2D eigenvalue weighted by Gasteiger charge is 2.31. The number of pyridine rings is 1. The van der Waals surface area contributed by atoms with Gasteiger partial charge in [0, 0.05) is 25.4 Å². The van der Waals surface area contributed by atoms with Crippen LogP contribution >= 0.6 is 0 Å². The predicted molar refractivity (Wildman–Crippen MR) is 65.9 cm³/mol. The van der Waals surface area contributed by atoms with Crippen molar-refractivity contribution >= 4 is 5.82 Å². The summed E-state index contributed by atoms with van der Waals surface area (Å²) in [7, 11) is 0. The Morgan fingerprint density at radius 2 is 2.11 bits per heavy atom. The normalized spacial score (nSPS) is 24.6. The van der Waals surface area contributed by atoms with E-state index in [1.54, 1.807) is 0 Å². The van der Waals surface area contributed by atoms with E-state index in [0.29, 0.717) is 12.4 Å². The summed E-state index contributed by atoms with van der Waals surface area (Å²) in [6.07, 6.45) is -1.64. The van der Waals surface area contributed by atoms with Crippen molar-refractivity contribution in [2.45, 2.75) is 32.0 Å². The molecular weight excluding hydrogens is 257 g/mol. The van der Waals surface area contributed by atoms with E-state index in [2.05, 4.69) is 4.98 Å². The zero-order chi connectivity index (χ0) is 14.0. The van der Waals surface area contributed by atoms with E-state index in [9.17, 15) is 18.3 Å². The van der Waals surface area contributed by atoms with Crippen LogP contribution in [0.5, 0.6) is 0 Å². The number of hydrogen-bond acceptors (Lipinski definition) is 3. The number of aromatic nitrogens is 1. The number of nitrogens with zero attached hydrogens (tertiary/aromatic N) is 2. The van der Waals surface area contributed by atoms with E-state index >= 15 is 0 Å². The molecule has 106 valence electrons. The number of piperidine rings is 1. The van der Waals surface area contributed by atoms with Crippen LogP contribution in [-0.2, 0) is 6.18 Å². The van der Waals surface area contributed by atoms with Gasteiger partial charge in [-0.05, 0) is 37.8 Å². The van der Waals surface area contributed by atoms with Crippen molar-refractivity contribution in [3.63, 3.8) is 0 Å². The second kappa shape index (κ2) is 5.36. The molecule has 19 heavy (non-hydrogen) atoms. The topological polar surface area (TPSA) is 36.4 Å². The van der Waals surface area contributed by atoms with E-state index in [0.717, 1.165) is 25.1 Å². The number of anilines is 1. The Kier molecular flexibility index (Phi) is 3.99. The van der Waals surface area contributed by atoms with Crippen LogP contribution in [0.15, 0.2) is 18.3 Å². The van der Waals surface area contributed by atoms with E-state index < -0.39 is 11.7 Å². The molecule has 0 radical (unpaired) electrons. The molecule has 0 amide bonds. The van der Waals surface area contributed by atoms with Gasteiger partial charge in [-0.2, -0.15) is 13.2 Å². The molecule has 1 N–H and O–H groups in total. The van der Waals surface area contributed by atoms with E-state index in [-0.39, 0.29) is 18.6 Å². The van der Waals surface area contributed by atoms with Crippen molar-refractivity contribution in [2.75, 3.05) is 18.1 Å². The lowest BCUT2D eigenvalue weighted by molar-refractivity contribution is -0.137. The fourth-order valence-corrected chi connectivity index (χ4v) is 2.37. The van der Waals surface area contributed by atoms with Crippen LogP contribution in [0.4, 0.5) is 19.0 Å². The van der Waals surface area contributed by atoms with Crippen LogP contribution in [0.1, 0.15) is 25.3 Å². The minimum Gasteiger partial charge on any atom is -0.396 e. The summed E-state index contributed by atoms with van der Waals surface area (Å²) in [6, 6.07) is 2.68. The zero-order valence-electron chi connectivity index (χ0n) is 10.7. The first kappa shape index (κ1) is 14.1. The maximum absolute atomic E-state index is 12.5. The summed E-state index contributed by atoms with van der Waals surface area (Å²) in [5, 5.41) is 9.20. The summed E-state index contributed by atoms with van der Waals surface area (Å²) in [5.41, 5.74) is -0.736. The number of halogens is 3. The maximum atomic E-state index is 12.5. The minimum atomic E-state index is -4.35. The van der Waals surface area contributed by atoms with Crippen molar-refractivity contribution in [2.24, 2.45) is 5.92 Å². The van der Waals surface area contributed by atoms with Gasteiger partial charge < -0.3 is 10.0 Å². The monoisotopic (exact) mass is 274 g/mol. The summed E-state index contributed by atoms with van der Waals surface area (Å²) >= 11 is 0. The average molecular weight is 274 g/mol. The van der Waals surface area contributed by atoms with Gasteiger partial charge >= 0.3 is 6.18 Å². The number of aliphatic hydroxyl groups is 1. The highest BCUT2D eigenvalue weighted by Crippen LogP contribution is 2.31. The van der Waals surface area contributed by atoms with Crippen molar-refractivity contribution in [1.82, 2.24) is 4.98 Å². The highest BCUT2D eigenvalue weighted by atomic mass is 19.4. The molecule has 1 aliphatic heterocycles. The fraction of sp³-hybridized carbons (Fsp3) is 0.615. The molecule has 1 aromatic rings. The SMILES string of the molecule is C[C@H]1CC[C@H](CO)CN1c1ccc(C(F)(F)F)cn1. The molecule has 1 aromatic heterocycles. The molecule has 0 unspecified atom stereocenters. The summed E-state index contributed by atoms with van der Waals surface area (Å²) in [4.78, 5) is 5.88. The fourth-order valence-electron chi connectivity index (χ4n) is 2.37. The summed E-state index contributed by atoms with van der Waals surface area (Å²) < 4.78 is 37.4. The summed E-state index contributed by atoms with van der Waals surface area (Å²) in [5.74, 6) is 0.707. The van der Waals surface area contributed by atoms with Crippen molar-refractivity contribution in [3.8, 4) is 0 Å². The molecule has 0 aromatic carbocycles. The molecule has 0 spiro atoms. The third-order valence-corrected chi connectivity index (χ3v) is 3.61. The van der Waals surface area contributed by atoms with Crippen LogP contribution in [-0.4, -0.2) is 29.3 Å². The van der Waals surface area contributed by atoms with Crippen molar-refractivity contribution in [3.05, 3.63) is 23.9 Å². The molecule has 1 aliphatic rings. The van der Waals surface area contributed by atoms with Gasteiger partial charge in [-0.1, -0.05) is 0 Å². The molecule has 2 heterocycles. The molecule has 0 aliphatic carbocycles. The number of alkyl halides is 3. The van der Waals surface area contributed by atoms with Gasteiger partial charge in [0.15, 0.2) is 0 Å². The molecule has 0 bridgehead atoms.